The molecule has 2 N–H and O–H groups in total. The predicted molar refractivity (Wildman–Crippen MR) is 99.3 cm³/mol. The van der Waals surface area contributed by atoms with E-state index in [1.54, 1.807) is 48.5 Å². The summed E-state index contributed by atoms with van der Waals surface area (Å²) < 4.78 is 4.53. The molecule has 7 heteroatoms. The van der Waals surface area contributed by atoms with Gasteiger partial charge in [0.25, 0.3) is 0 Å². The fourth-order valence-corrected chi connectivity index (χ4v) is 2.49. The maximum absolute atomic E-state index is 12.6. The molecule has 0 aromatic heterocycles. The molecule has 0 aliphatic carbocycles. The average molecular weight is 375 g/mol. The van der Waals surface area contributed by atoms with Gasteiger partial charge in [-0.1, -0.05) is 35.9 Å². The van der Waals surface area contributed by atoms with Crippen molar-refractivity contribution in [3.05, 3.63) is 64.7 Å². The van der Waals surface area contributed by atoms with Crippen LogP contribution in [0, 0.1) is 0 Å². The molecule has 0 radical (unpaired) electrons. The number of hydrogen-bond donors (Lipinski definition) is 2. The van der Waals surface area contributed by atoms with E-state index in [9.17, 15) is 14.4 Å². The first-order valence-corrected chi connectivity index (χ1v) is 8.26. The van der Waals surface area contributed by atoms with Crippen molar-refractivity contribution >= 4 is 34.9 Å². The summed E-state index contributed by atoms with van der Waals surface area (Å²) in [5.41, 5.74) is 1.62. The highest BCUT2D eigenvalue weighted by Crippen LogP contribution is 2.24. The zero-order chi connectivity index (χ0) is 19.1. The molecule has 6 nitrogen and oxygen atoms in total. The summed E-state index contributed by atoms with van der Waals surface area (Å²) in [5.74, 6) is -1.12. The molecule has 0 saturated carbocycles. The second kappa shape index (κ2) is 9.01. The van der Waals surface area contributed by atoms with Gasteiger partial charge in [0.2, 0.25) is 5.91 Å². The number of rotatable bonds is 7. The molecule has 136 valence electrons. The first-order valence-electron chi connectivity index (χ1n) is 7.89. The number of ether oxygens (including phenoxy) is 1. The number of anilines is 1. The molecular formula is C19H19ClN2O4. The van der Waals surface area contributed by atoms with Gasteiger partial charge in [-0.2, -0.15) is 0 Å². The predicted octanol–water partition coefficient (Wildman–Crippen LogP) is 2.99. The maximum atomic E-state index is 12.6. The molecule has 2 aromatic rings. The lowest BCUT2D eigenvalue weighted by molar-refractivity contribution is -0.141. The summed E-state index contributed by atoms with van der Waals surface area (Å²) in [6.45, 7) is 1.20. The van der Waals surface area contributed by atoms with E-state index in [1.807, 2.05) is 0 Å². The zero-order valence-corrected chi connectivity index (χ0v) is 15.2. The normalized spacial score (nSPS) is 11.3. The van der Waals surface area contributed by atoms with Gasteiger partial charge in [0.05, 0.1) is 7.11 Å². The Morgan fingerprint density at radius 2 is 1.73 bits per heavy atom. The van der Waals surface area contributed by atoms with Gasteiger partial charge >= 0.3 is 5.97 Å². The largest absolute Gasteiger partial charge is 0.468 e. The van der Waals surface area contributed by atoms with E-state index < -0.39 is 17.9 Å². The molecule has 0 spiro atoms. The number of hydrogen-bond acceptors (Lipinski definition) is 5. The second-order valence-corrected chi connectivity index (χ2v) is 5.96. The third-order valence-corrected chi connectivity index (χ3v) is 3.96. The lowest BCUT2D eigenvalue weighted by Crippen LogP contribution is -2.37. The van der Waals surface area contributed by atoms with E-state index in [2.05, 4.69) is 15.4 Å². The van der Waals surface area contributed by atoms with Crippen LogP contribution in [0.4, 0.5) is 5.69 Å². The Labute approximate surface area is 156 Å². The van der Waals surface area contributed by atoms with Crippen molar-refractivity contribution in [1.29, 1.82) is 0 Å². The van der Waals surface area contributed by atoms with Crippen LogP contribution in [0.2, 0.25) is 5.02 Å². The number of nitrogens with one attached hydrogen (secondary N) is 2. The van der Waals surface area contributed by atoms with Gasteiger partial charge in [-0.25, -0.2) is 0 Å². The monoisotopic (exact) mass is 374 g/mol. The van der Waals surface area contributed by atoms with E-state index in [1.165, 1.54) is 14.0 Å². The van der Waals surface area contributed by atoms with Crippen molar-refractivity contribution in [3.63, 3.8) is 0 Å². The quantitative estimate of drug-likeness (QED) is 0.575. The average Bonchev–Trinajstić information content (AvgIpc) is 2.64. The Morgan fingerprint density at radius 1 is 1.08 bits per heavy atom. The van der Waals surface area contributed by atoms with Gasteiger partial charge in [-0.05, 0) is 36.8 Å². The van der Waals surface area contributed by atoms with Crippen LogP contribution >= 0.6 is 11.6 Å². The SMILES string of the molecule is COC(=O)CNC(=O)C(Nc1ccccc1C(C)=O)c1ccc(Cl)cc1. The van der Waals surface area contributed by atoms with Crippen molar-refractivity contribution < 1.29 is 19.1 Å². The number of methoxy groups -OCH3 is 1. The number of para-hydroxylation sites is 1. The number of carbonyl (C=O) groups excluding carboxylic acids is 3. The molecule has 0 aliphatic rings. The van der Waals surface area contributed by atoms with E-state index in [4.69, 9.17) is 11.6 Å². The number of Topliss-reactive ketones (excluding diaryl/α,β-unsaturated/α-hetero) is 1. The van der Waals surface area contributed by atoms with Crippen molar-refractivity contribution in [3.8, 4) is 0 Å². The number of halogens is 1. The third kappa shape index (κ3) is 5.07. The Kier molecular flexibility index (Phi) is 6.74. The summed E-state index contributed by atoms with van der Waals surface area (Å²) in [7, 11) is 1.24. The smallest absolute Gasteiger partial charge is 0.325 e. The first-order chi connectivity index (χ1) is 12.4. The molecule has 0 heterocycles. The molecule has 0 fully saturated rings. The third-order valence-electron chi connectivity index (χ3n) is 3.71. The Balaban J connectivity index is 2.31. The van der Waals surface area contributed by atoms with E-state index >= 15 is 0 Å². The Bertz CT molecular complexity index is 805. The Hall–Kier alpha value is -2.86. The molecule has 26 heavy (non-hydrogen) atoms. The number of amides is 1. The lowest BCUT2D eigenvalue weighted by atomic mass is 10.0. The minimum absolute atomic E-state index is 0.127. The number of esters is 1. The fraction of sp³-hybridized carbons (Fsp3) is 0.211. The van der Waals surface area contributed by atoms with E-state index in [-0.39, 0.29) is 12.3 Å². The summed E-state index contributed by atoms with van der Waals surface area (Å²) in [6.07, 6.45) is 0. The highest BCUT2D eigenvalue weighted by atomic mass is 35.5. The minimum atomic E-state index is -0.822. The first kappa shape index (κ1) is 19.5. The minimum Gasteiger partial charge on any atom is -0.468 e. The van der Waals surface area contributed by atoms with Crippen LogP contribution in [0.5, 0.6) is 0 Å². The number of benzene rings is 2. The molecule has 2 aromatic carbocycles. The number of carbonyl (C=O) groups is 3. The molecule has 0 saturated heterocycles. The lowest BCUT2D eigenvalue weighted by Gasteiger charge is -2.21. The van der Waals surface area contributed by atoms with E-state index in [0.29, 0.717) is 21.8 Å². The van der Waals surface area contributed by atoms with Crippen LogP contribution < -0.4 is 10.6 Å². The summed E-state index contributed by atoms with van der Waals surface area (Å²) in [4.78, 5) is 35.8. The molecule has 0 aliphatic heterocycles. The van der Waals surface area contributed by atoms with Crippen molar-refractivity contribution in [1.82, 2.24) is 5.32 Å². The van der Waals surface area contributed by atoms with Crippen molar-refractivity contribution in [2.75, 3.05) is 19.0 Å². The van der Waals surface area contributed by atoms with Crippen LogP contribution in [0.15, 0.2) is 48.5 Å². The van der Waals surface area contributed by atoms with Crippen LogP contribution in [-0.2, 0) is 14.3 Å². The molecule has 0 bridgehead atoms. The molecule has 1 atom stereocenters. The van der Waals surface area contributed by atoms with Gasteiger partial charge in [-0.15, -0.1) is 0 Å². The second-order valence-electron chi connectivity index (χ2n) is 5.52. The summed E-state index contributed by atoms with van der Waals surface area (Å²) in [5, 5.41) is 6.13. The topological polar surface area (TPSA) is 84.5 Å². The van der Waals surface area contributed by atoms with Crippen LogP contribution in [-0.4, -0.2) is 31.3 Å². The van der Waals surface area contributed by atoms with Gasteiger partial charge in [0, 0.05) is 16.3 Å². The molecule has 1 amide bonds. The van der Waals surface area contributed by atoms with Crippen molar-refractivity contribution in [2.24, 2.45) is 0 Å². The molecule has 2 rings (SSSR count). The molecule has 1 unspecified atom stereocenters. The standard InChI is InChI=1S/C19H19ClN2O4/c1-12(23)15-5-3-4-6-16(15)22-18(13-7-9-14(20)10-8-13)19(25)21-11-17(24)26-2/h3-10,18,22H,11H2,1-2H3,(H,21,25). The highest BCUT2D eigenvalue weighted by molar-refractivity contribution is 6.30. The Morgan fingerprint density at radius 3 is 2.35 bits per heavy atom. The zero-order valence-electron chi connectivity index (χ0n) is 14.4. The van der Waals surface area contributed by atoms with E-state index in [0.717, 1.165) is 0 Å². The fourth-order valence-electron chi connectivity index (χ4n) is 2.36. The van der Waals surface area contributed by atoms with Gasteiger partial charge in [0.1, 0.15) is 12.6 Å². The van der Waals surface area contributed by atoms with Gasteiger partial charge in [0.15, 0.2) is 5.78 Å². The maximum Gasteiger partial charge on any atom is 0.325 e. The number of ketones is 1. The summed E-state index contributed by atoms with van der Waals surface area (Å²) in [6, 6.07) is 12.8. The summed E-state index contributed by atoms with van der Waals surface area (Å²) >= 11 is 5.92. The van der Waals surface area contributed by atoms with Crippen LogP contribution in [0.3, 0.4) is 0 Å². The molecular weight excluding hydrogens is 356 g/mol. The van der Waals surface area contributed by atoms with Gasteiger partial charge < -0.3 is 15.4 Å². The van der Waals surface area contributed by atoms with Crippen LogP contribution in [0.1, 0.15) is 28.9 Å². The van der Waals surface area contributed by atoms with Gasteiger partial charge in [-0.3, -0.25) is 14.4 Å². The van der Waals surface area contributed by atoms with Crippen molar-refractivity contribution in [2.45, 2.75) is 13.0 Å². The van der Waals surface area contributed by atoms with Crippen LogP contribution in [0.25, 0.3) is 0 Å². The highest BCUT2D eigenvalue weighted by Gasteiger charge is 2.22.